The molecule has 1 heterocycles. The van der Waals surface area contributed by atoms with Gasteiger partial charge in [0.2, 0.25) is 5.91 Å². The highest BCUT2D eigenvalue weighted by atomic mass is 19.3. The molecule has 4 rings (SSSR count). The lowest BCUT2D eigenvalue weighted by Crippen LogP contribution is -2.59. The van der Waals surface area contributed by atoms with Gasteiger partial charge in [0.1, 0.15) is 11.6 Å². The summed E-state index contributed by atoms with van der Waals surface area (Å²) in [5, 5.41) is 7.05. The molecule has 29 heavy (non-hydrogen) atoms. The predicted octanol–water partition coefficient (Wildman–Crippen LogP) is 5.11. The van der Waals surface area contributed by atoms with Crippen LogP contribution in [0.4, 0.5) is 27.8 Å². The Bertz CT molecular complexity index is 934. The van der Waals surface area contributed by atoms with E-state index in [9.17, 15) is 26.7 Å². The molecule has 1 aromatic carbocycles. The number of nitrogens with zero attached hydrogens (tertiary/aromatic N) is 2. The van der Waals surface area contributed by atoms with Gasteiger partial charge in [-0.25, -0.2) is 4.39 Å². The Morgan fingerprint density at radius 1 is 1.21 bits per heavy atom. The van der Waals surface area contributed by atoms with Crippen LogP contribution in [0.2, 0.25) is 0 Å². The summed E-state index contributed by atoms with van der Waals surface area (Å²) >= 11 is 0. The molecule has 1 N–H and O–H groups in total. The van der Waals surface area contributed by atoms with Gasteiger partial charge in [-0.2, -0.15) is 22.7 Å². The highest BCUT2D eigenvalue weighted by molar-refractivity contribution is 5.92. The minimum atomic E-state index is -4.17. The molecule has 2 saturated carbocycles. The number of hydrogen-bond acceptors (Lipinski definition) is 2. The third-order valence-electron chi connectivity index (χ3n) is 5.91. The molecule has 0 spiro atoms. The van der Waals surface area contributed by atoms with E-state index in [-0.39, 0.29) is 11.7 Å². The van der Waals surface area contributed by atoms with Crippen LogP contribution in [0.25, 0.3) is 11.3 Å². The SMILES string of the molecule is Cn1nc(-c2ccc(F)cc2)c(C2CCC2)c1NC(=O)C[C@@H]1CC(F)(F)C1(F)F. The number of aromatic nitrogens is 2. The average Bonchev–Trinajstić information content (AvgIpc) is 2.90. The van der Waals surface area contributed by atoms with Crippen LogP contribution < -0.4 is 5.32 Å². The normalized spacial score (nSPS) is 22.6. The quantitative estimate of drug-likeness (QED) is 0.693. The number of hydrogen-bond donors (Lipinski definition) is 1. The van der Waals surface area contributed by atoms with Crippen molar-refractivity contribution in [3.63, 3.8) is 0 Å². The molecular weight excluding hydrogens is 393 g/mol. The first-order valence-electron chi connectivity index (χ1n) is 9.48. The number of aryl methyl sites for hydroxylation is 1. The summed E-state index contributed by atoms with van der Waals surface area (Å²) in [5.74, 6) is -10.6. The Labute approximate surface area is 164 Å². The molecule has 1 aromatic heterocycles. The van der Waals surface area contributed by atoms with E-state index in [1.54, 1.807) is 19.2 Å². The molecule has 156 valence electrons. The molecule has 1 atom stereocenters. The molecule has 1 amide bonds. The Hall–Kier alpha value is -2.45. The van der Waals surface area contributed by atoms with Crippen molar-refractivity contribution in [3.05, 3.63) is 35.6 Å². The largest absolute Gasteiger partial charge is 0.313 e. The highest BCUT2D eigenvalue weighted by Crippen LogP contribution is 2.56. The molecular formula is C20H20F5N3O. The number of nitrogens with one attached hydrogen (secondary N) is 1. The topological polar surface area (TPSA) is 46.9 Å². The number of carbonyl (C=O) groups is 1. The van der Waals surface area contributed by atoms with Crippen LogP contribution in [-0.4, -0.2) is 27.5 Å². The van der Waals surface area contributed by atoms with Crippen LogP contribution in [0, 0.1) is 11.7 Å². The first-order valence-corrected chi connectivity index (χ1v) is 9.48. The molecule has 4 nitrogen and oxygen atoms in total. The van der Waals surface area contributed by atoms with Crippen molar-refractivity contribution in [2.45, 2.75) is 49.9 Å². The first kappa shape index (κ1) is 19.8. The third-order valence-corrected chi connectivity index (χ3v) is 5.91. The van der Waals surface area contributed by atoms with Gasteiger partial charge in [-0.1, -0.05) is 6.42 Å². The Morgan fingerprint density at radius 3 is 2.38 bits per heavy atom. The van der Waals surface area contributed by atoms with Gasteiger partial charge < -0.3 is 5.32 Å². The van der Waals surface area contributed by atoms with Crippen LogP contribution in [0.1, 0.15) is 43.6 Å². The molecule has 0 aliphatic heterocycles. The van der Waals surface area contributed by atoms with Gasteiger partial charge in [-0.15, -0.1) is 0 Å². The number of rotatable bonds is 5. The molecule has 0 radical (unpaired) electrons. The van der Waals surface area contributed by atoms with Crippen molar-refractivity contribution in [1.29, 1.82) is 0 Å². The number of benzene rings is 1. The van der Waals surface area contributed by atoms with E-state index in [0.717, 1.165) is 24.8 Å². The number of alkyl halides is 4. The Kier molecular flexibility index (Phi) is 4.66. The lowest BCUT2D eigenvalue weighted by Gasteiger charge is -2.43. The fraction of sp³-hybridized carbons (Fsp3) is 0.500. The smallest absolute Gasteiger partial charge is 0.311 e. The number of amides is 1. The molecule has 2 aromatic rings. The van der Waals surface area contributed by atoms with Crippen LogP contribution in [0.15, 0.2) is 24.3 Å². The van der Waals surface area contributed by atoms with E-state index in [1.807, 2.05) is 0 Å². The lowest BCUT2D eigenvalue weighted by molar-refractivity contribution is -0.313. The maximum absolute atomic E-state index is 13.5. The lowest BCUT2D eigenvalue weighted by atomic mass is 9.74. The maximum Gasteiger partial charge on any atom is 0.313 e. The first-order chi connectivity index (χ1) is 13.6. The van der Waals surface area contributed by atoms with Gasteiger partial charge in [0.15, 0.2) is 0 Å². The highest BCUT2D eigenvalue weighted by Gasteiger charge is 2.71. The minimum absolute atomic E-state index is 0.133. The number of halogens is 5. The molecule has 0 bridgehead atoms. The fourth-order valence-corrected chi connectivity index (χ4v) is 3.94. The summed E-state index contributed by atoms with van der Waals surface area (Å²) in [6.07, 6.45) is 1.09. The van der Waals surface area contributed by atoms with Crippen molar-refractivity contribution >= 4 is 11.7 Å². The maximum atomic E-state index is 13.5. The van der Waals surface area contributed by atoms with Crippen LogP contribution in [-0.2, 0) is 11.8 Å². The second-order valence-electron chi connectivity index (χ2n) is 7.85. The number of carbonyl (C=O) groups excluding carboxylic acids is 1. The minimum Gasteiger partial charge on any atom is -0.311 e. The standard InChI is InChI=1S/C20H20F5N3O/c1-28-18(26-15(29)9-13-10-19(22,23)20(13,24)25)16(11-3-2-4-11)17(27-28)12-5-7-14(21)8-6-12/h5-8,11,13H,2-4,9-10H2,1H3,(H,26,29)/t13-/m1/s1. The molecule has 2 fully saturated rings. The summed E-state index contributed by atoms with van der Waals surface area (Å²) in [6.45, 7) is 0. The van der Waals surface area contributed by atoms with Crippen LogP contribution in [0.3, 0.4) is 0 Å². The van der Waals surface area contributed by atoms with Gasteiger partial charge in [0.05, 0.1) is 5.69 Å². The van der Waals surface area contributed by atoms with E-state index >= 15 is 0 Å². The third kappa shape index (κ3) is 3.30. The van der Waals surface area contributed by atoms with Gasteiger partial charge in [-0.3, -0.25) is 9.48 Å². The molecule has 9 heteroatoms. The summed E-state index contributed by atoms with van der Waals surface area (Å²) in [6, 6.07) is 5.79. The van der Waals surface area contributed by atoms with E-state index in [1.165, 1.54) is 16.8 Å². The summed E-state index contributed by atoms with van der Waals surface area (Å²) in [7, 11) is 1.61. The summed E-state index contributed by atoms with van der Waals surface area (Å²) < 4.78 is 67.8. The zero-order valence-electron chi connectivity index (χ0n) is 15.7. The zero-order valence-corrected chi connectivity index (χ0v) is 15.7. The Morgan fingerprint density at radius 2 is 1.86 bits per heavy atom. The van der Waals surface area contributed by atoms with Crippen molar-refractivity contribution in [2.75, 3.05) is 5.32 Å². The van der Waals surface area contributed by atoms with E-state index < -0.39 is 36.5 Å². The second-order valence-corrected chi connectivity index (χ2v) is 7.85. The van der Waals surface area contributed by atoms with Crippen molar-refractivity contribution in [3.8, 4) is 11.3 Å². The van der Waals surface area contributed by atoms with Gasteiger partial charge >= 0.3 is 11.8 Å². The van der Waals surface area contributed by atoms with E-state index in [0.29, 0.717) is 17.1 Å². The van der Waals surface area contributed by atoms with Crippen molar-refractivity contribution in [2.24, 2.45) is 13.0 Å². The Balaban J connectivity index is 1.59. The van der Waals surface area contributed by atoms with Crippen LogP contribution in [0.5, 0.6) is 0 Å². The van der Waals surface area contributed by atoms with E-state index in [4.69, 9.17) is 0 Å². The molecule has 0 unspecified atom stereocenters. The number of anilines is 1. The average molecular weight is 413 g/mol. The van der Waals surface area contributed by atoms with Crippen molar-refractivity contribution < 1.29 is 26.7 Å². The van der Waals surface area contributed by atoms with E-state index in [2.05, 4.69) is 10.4 Å². The summed E-state index contributed by atoms with van der Waals surface area (Å²) in [5.41, 5.74) is 2.03. The molecule has 0 saturated heterocycles. The van der Waals surface area contributed by atoms with Crippen molar-refractivity contribution in [1.82, 2.24) is 9.78 Å². The second kappa shape index (κ2) is 6.81. The molecule has 2 aliphatic rings. The van der Waals surface area contributed by atoms with Gasteiger partial charge in [0.25, 0.3) is 0 Å². The fourth-order valence-electron chi connectivity index (χ4n) is 3.94. The zero-order chi connectivity index (χ0) is 21.0. The van der Waals surface area contributed by atoms with Gasteiger partial charge in [-0.05, 0) is 43.0 Å². The van der Waals surface area contributed by atoms with Crippen LogP contribution >= 0.6 is 0 Å². The monoisotopic (exact) mass is 413 g/mol. The molecule has 2 aliphatic carbocycles. The predicted molar refractivity (Wildman–Crippen MR) is 96.4 cm³/mol. The van der Waals surface area contributed by atoms with Gasteiger partial charge in [0, 0.05) is 36.9 Å². The summed E-state index contributed by atoms with van der Waals surface area (Å²) in [4.78, 5) is 12.4.